The molecular formula is C26H35FN3NaO5. The second-order valence-corrected chi connectivity index (χ2v) is 9.41. The standard InChI is InChI=1S/C26H34FN3O5.Na.H/c1-16(2)24-22(13-12-20(31)14-21(32)15-23(33)34)30(19-10-8-17(27)9-11-19)29-25(24)26(35)28-18-6-4-3-5-7-18;;/h8-13,16,18,20-21,31-32H,3-7,14-15H2,1-2H3,(H,28,35)(H,33,34);;/t20-,21+;;/m0../s1. The van der Waals surface area contributed by atoms with Gasteiger partial charge in [0, 0.05) is 18.0 Å². The zero-order valence-corrected chi connectivity index (χ0v) is 20.2. The molecule has 2 atom stereocenters. The number of aromatic nitrogens is 2. The Morgan fingerprint density at radius 2 is 1.81 bits per heavy atom. The van der Waals surface area contributed by atoms with E-state index < -0.39 is 30.4 Å². The van der Waals surface area contributed by atoms with Crippen molar-refractivity contribution in [1.29, 1.82) is 0 Å². The zero-order chi connectivity index (χ0) is 25.5. The molecule has 0 bridgehead atoms. The normalized spacial score (nSPS) is 16.1. The first-order valence-electron chi connectivity index (χ1n) is 12.1. The van der Waals surface area contributed by atoms with E-state index in [-0.39, 0.29) is 59.5 Å². The molecule has 3 rings (SSSR count). The van der Waals surface area contributed by atoms with Crippen molar-refractivity contribution in [2.75, 3.05) is 0 Å². The number of nitrogens with zero attached hydrogens (tertiary/aromatic N) is 2. The van der Waals surface area contributed by atoms with Gasteiger partial charge in [-0.2, -0.15) is 5.10 Å². The summed E-state index contributed by atoms with van der Waals surface area (Å²) in [6.07, 6.45) is 5.30. The predicted molar refractivity (Wildman–Crippen MR) is 137 cm³/mol. The van der Waals surface area contributed by atoms with E-state index in [0.717, 1.165) is 25.7 Å². The van der Waals surface area contributed by atoms with Crippen molar-refractivity contribution in [2.45, 2.75) is 83.0 Å². The molecule has 1 aromatic carbocycles. The first kappa shape index (κ1) is 30.2. The average Bonchev–Trinajstić information content (AvgIpc) is 3.18. The molecule has 0 saturated heterocycles. The molecule has 4 N–H and O–H groups in total. The number of carbonyl (C=O) groups excluding carboxylic acids is 1. The summed E-state index contributed by atoms with van der Waals surface area (Å²) < 4.78 is 15.1. The van der Waals surface area contributed by atoms with Crippen molar-refractivity contribution in [1.82, 2.24) is 15.1 Å². The van der Waals surface area contributed by atoms with Gasteiger partial charge in [0.1, 0.15) is 5.82 Å². The summed E-state index contributed by atoms with van der Waals surface area (Å²) in [6, 6.07) is 5.82. The second kappa shape index (κ2) is 14.0. The van der Waals surface area contributed by atoms with Crippen LogP contribution in [-0.2, 0) is 4.79 Å². The van der Waals surface area contributed by atoms with Gasteiger partial charge in [-0.15, -0.1) is 0 Å². The monoisotopic (exact) mass is 511 g/mol. The average molecular weight is 512 g/mol. The molecule has 0 aliphatic heterocycles. The van der Waals surface area contributed by atoms with Crippen LogP contribution in [0.1, 0.15) is 86.5 Å². The summed E-state index contributed by atoms with van der Waals surface area (Å²) in [5.74, 6) is -1.92. The van der Waals surface area contributed by atoms with Crippen LogP contribution in [-0.4, -0.2) is 84.8 Å². The minimum atomic E-state index is -1.20. The Bertz CT molecular complexity index is 1050. The first-order chi connectivity index (χ1) is 16.7. The van der Waals surface area contributed by atoms with Gasteiger partial charge < -0.3 is 20.6 Å². The molecule has 2 aromatic rings. The van der Waals surface area contributed by atoms with Gasteiger partial charge in [0.25, 0.3) is 5.91 Å². The van der Waals surface area contributed by atoms with Crippen LogP contribution < -0.4 is 5.32 Å². The van der Waals surface area contributed by atoms with E-state index in [4.69, 9.17) is 5.11 Å². The number of aliphatic carboxylic acids is 1. The second-order valence-electron chi connectivity index (χ2n) is 9.41. The fraction of sp³-hybridized carbons (Fsp3) is 0.500. The molecule has 1 aromatic heterocycles. The third kappa shape index (κ3) is 8.24. The Balaban J connectivity index is 0.00000456. The minimum absolute atomic E-state index is 0. The van der Waals surface area contributed by atoms with E-state index in [2.05, 4.69) is 10.4 Å². The fourth-order valence-corrected chi connectivity index (χ4v) is 4.46. The van der Waals surface area contributed by atoms with Crippen molar-refractivity contribution in [2.24, 2.45) is 0 Å². The van der Waals surface area contributed by atoms with E-state index in [1.54, 1.807) is 22.9 Å². The first-order valence-corrected chi connectivity index (χ1v) is 12.1. The molecule has 0 unspecified atom stereocenters. The van der Waals surface area contributed by atoms with Gasteiger partial charge in [-0.25, -0.2) is 9.07 Å². The molecule has 8 nitrogen and oxygen atoms in total. The van der Waals surface area contributed by atoms with Crippen molar-refractivity contribution >= 4 is 47.5 Å². The van der Waals surface area contributed by atoms with Crippen LogP contribution in [0.4, 0.5) is 4.39 Å². The van der Waals surface area contributed by atoms with E-state index in [0.29, 0.717) is 16.9 Å². The number of aliphatic hydroxyl groups excluding tert-OH is 2. The number of aliphatic hydroxyl groups is 2. The van der Waals surface area contributed by atoms with Crippen LogP contribution in [0.5, 0.6) is 0 Å². The van der Waals surface area contributed by atoms with Gasteiger partial charge >= 0.3 is 35.5 Å². The zero-order valence-electron chi connectivity index (χ0n) is 20.2. The molecule has 1 aliphatic carbocycles. The summed E-state index contributed by atoms with van der Waals surface area (Å²) in [5.41, 5.74) is 2.05. The van der Waals surface area contributed by atoms with Gasteiger partial charge in [-0.1, -0.05) is 39.2 Å². The molecule has 10 heteroatoms. The van der Waals surface area contributed by atoms with Crippen LogP contribution in [0.3, 0.4) is 0 Å². The van der Waals surface area contributed by atoms with Crippen LogP contribution in [0.15, 0.2) is 30.3 Å². The number of nitrogens with one attached hydrogen (secondary N) is 1. The summed E-state index contributed by atoms with van der Waals surface area (Å²) >= 11 is 0. The Hall–Kier alpha value is -2.04. The van der Waals surface area contributed by atoms with E-state index in [1.165, 1.54) is 24.6 Å². The summed E-state index contributed by atoms with van der Waals surface area (Å²) in [5, 5.41) is 36.7. The van der Waals surface area contributed by atoms with Gasteiger partial charge in [-0.3, -0.25) is 9.59 Å². The molecule has 1 heterocycles. The van der Waals surface area contributed by atoms with Crippen molar-refractivity contribution in [3.8, 4) is 5.69 Å². The Labute approximate surface area is 232 Å². The topological polar surface area (TPSA) is 125 Å². The molecule has 0 spiro atoms. The SMILES string of the molecule is CC(C)c1c(C(=O)NC2CCCCC2)nn(-c2ccc(F)cc2)c1C=C[C@H](O)C[C@@H](O)CC(=O)O.[NaH]. The number of carboxylic acid groups (broad SMARTS) is 1. The van der Waals surface area contributed by atoms with Crippen LogP contribution in [0.2, 0.25) is 0 Å². The summed E-state index contributed by atoms with van der Waals surface area (Å²) in [4.78, 5) is 24.1. The van der Waals surface area contributed by atoms with Crippen LogP contribution in [0.25, 0.3) is 11.8 Å². The summed E-state index contributed by atoms with van der Waals surface area (Å²) in [6.45, 7) is 3.88. The number of amides is 1. The fourth-order valence-electron chi connectivity index (χ4n) is 4.46. The summed E-state index contributed by atoms with van der Waals surface area (Å²) in [7, 11) is 0. The van der Waals surface area contributed by atoms with E-state index in [1.807, 2.05) is 13.8 Å². The van der Waals surface area contributed by atoms with Crippen molar-refractivity contribution < 1.29 is 29.3 Å². The molecule has 1 aliphatic rings. The quantitative estimate of drug-likeness (QED) is 0.363. The van der Waals surface area contributed by atoms with Crippen molar-refractivity contribution in [3.63, 3.8) is 0 Å². The number of carbonyl (C=O) groups is 2. The Kier molecular flexibility index (Phi) is 11.8. The third-order valence-electron chi connectivity index (χ3n) is 6.16. The number of halogens is 1. The molecule has 192 valence electrons. The molecule has 1 amide bonds. The van der Waals surface area contributed by atoms with E-state index in [9.17, 15) is 24.2 Å². The van der Waals surface area contributed by atoms with Gasteiger partial charge in [0.2, 0.25) is 0 Å². The van der Waals surface area contributed by atoms with Crippen LogP contribution >= 0.6 is 0 Å². The van der Waals surface area contributed by atoms with E-state index >= 15 is 0 Å². The Morgan fingerprint density at radius 3 is 2.39 bits per heavy atom. The maximum absolute atomic E-state index is 13.6. The van der Waals surface area contributed by atoms with Gasteiger partial charge in [0.15, 0.2) is 5.69 Å². The molecule has 0 radical (unpaired) electrons. The molecule has 1 saturated carbocycles. The van der Waals surface area contributed by atoms with Crippen LogP contribution in [0, 0.1) is 5.82 Å². The number of hydrogen-bond acceptors (Lipinski definition) is 5. The molecular weight excluding hydrogens is 476 g/mol. The number of rotatable bonds is 10. The number of carboxylic acids is 1. The number of benzene rings is 1. The van der Waals surface area contributed by atoms with Gasteiger partial charge in [0.05, 0.1) is 30.0 Å². The van der Waals surface area contributed by atoms with Gasteiger partial charge in [-0.05, 0) is 49.1 Å². The molecule has 36 heavy (non-hydrogen) atoms. The Morgan fingerprint density at radius 1 is 1.17 bits per heavy atom. The molecule has 1 fully saturated rings. The third-order valence-corrected chi connectivity index (χ3v) is 6.16. The predicted octanol–water partition coefficient (Wildman–Crippen LogP) is 3.15. The number of hydrogen-bond donors (Lipinski definition) is 4. The maximum atomic E-state index is 13.6. The van der Waals surface area contributed by atoms with Crippen molar-refractivity contribution in [3.05, 3.63) is 53.1 Å².